The Bertz CT molecular complexity index is 1120. The van der Waals surface area contributed by atoms with Gasteiger partial charge in [0.15, 0.2) is 5.65 Å². The molecule has 0 spiro atoms. The van der Waals surface area contributed by atoms with Crippen LogP contribution in [0, 0.1) is 0 Å². The van der Waals surface area contributed by atoms with Crippen LogP contribution in [-0.4, -0.2) is 80.3 Å². The maximum Gasteiger partial charge on any atom is 0.490 e. The summed E-state index contributed by atoms with van der Waals surface area (Å²) in [5, 5.41) is 15.5. The van der Waals surface area contributed by atoms with Gasteiger partial charge in [0.05, 0.1) is 5.56 Å². The minimum absolute atomic E-state index is 0.0343. The van der Waals surface area contributed by atoms with Crippen molar-refractivity contribution >= 4 is 28.9 Å². The molecule has 0 unspecified atom stereocenters. The Morgan fingerprint density at radius 3 is 2.44 bits per heavy atom. The van der Waals surface area contributed by atoms with E-state index in [9.17, 15) is 22.8 Å². The summed E-state index contributed by atoms with van der Waals surface area (Å²) >= 11 is 1.79. The molecule has 13 heteroatoms. The number of rotatable bonds is 4. The molecule has 3 aromatic rings. The van der Waals surface area contributed by atoms with Gasteiger partial charge in [-0.25, -0.2) is 19.1 Å². The molecule has 4 rings (SSSR count). The van der Waals surface area contributed by atoms with Crippen LogP contribution in [0.2, 0.25) is 0 Å². The number of hydrogen-bond donors (Lipinski definition) is 2. The third-order valence-corrected chi connectivity index (χ3v) is 5.75. The van der Waals surface area contributed by atoms with E-state index in [0.29, 0.717) is 24.3 Å². The Labute approximate surface area is 183 Å². The van der Waals surface area contributed by atoms with E-state index in [-0.39, 0.29) is 11.6 Å². The maximum atomic E-state index is 12.7. The Balaban J connectivity index is 0.000000360. The summed E-state index contributed by atoms with van der Waals surface area (Å²) in [6.07, 6.45) is -2.46. The number of carbonyl (C=O) groups is 2. The standard InChI is InChI=1S/C17H19N5O2S.C2HF3O2/c23-16(13-3-4-15-18-19-17(24)22(15)12-13)21-9-7-20(8-10-21)6-5-14-2-1-11-25-14;3-2(4,5)1(6)7/h1-4,11-12H,5-10H2,(H,19,24);(H,6,7). The van der Waals surface area contributed by atoms with Crippen molar-refractivity contribution in [1.29, 1.82) is 0 Å². The molecule has 0 aromatic carbocycles. The summed E-state index contributed by atoms with van der Waals surface area (Å²) in [5.74, 6) is -2.79. The fourth-order valence-corrected chi connectivity index (χ4v) is 3.81. The van der Waals surface area contributed by atoms with Crippen molar-refractivity contribution in [2.45, 2.75) is 12.6 Å². The number of halogens is 3. The van der Waals surface area contributed by atoms with E-state index in [1.54, 1.807) is 29.7 Å². The largest absolute Gasteiger partial charge is 0.490 e. The maximum absolute atomic E-state index is 12.7. The molecule has 9 nitrogen and oxygen atoms in total. The van der Waals surface area contributed by atoms with E-state index >= 15 is 0 Å². The highest BCUT2D eigenvalue weighted by Gasteiger charge is 2.38. The summed E-state index contributed by atoms with van der Waals surface area (Å²) in [6, 6.07) is 7.65. The van der Waals surface area contributed by atoms with Gasteiger partial charge in [-0.3, -0.25) is 9.69 Å². The number of fused-ring (bicyclic) bond motifs is 1. The number of amides is 1. The first kappa shape index (κ1) is 23.5. The van der Waals surface area contributed by atoms with Gasteiger partial charge < -0.3 is 10.0 Å². The van der Waals surface area contributed by atoms with Crippen molar-refractivity contribution in [3.63, 3.8) is 0 Å². The normalized spacial score (nSPS) is 14.8. The predicted octanol–water partition coefficient (Wildman–Crippen LogP) is 1.72. The SMILES string of the molecule is O=C(O)C(F)(F)F.O=C(c1ccc2n[nH]c(=O)n2c1)N1CCN(CCc2cccs2)CC1. The Morgan fingerprint density at radius 1 is 1.16 bits per heavy atom. The zero-order chi connectivity index (χ0) is 23.3. The molecule has 1 aliphatic heterocycles. The van der Waals surface area contributed by atoms with Crippen molar-refractivity contribution in [1.82, 2.24) is 24.4 Å². The van der Waals surface area contributed by atoms with E-state index < -0.39 is 12.1 Å². The van der Waals surface area contributed by atoms with Crippen LogP contribution in [-0.2, 0) is 11.2 Å². The number of nitrogens with one attached hydrogen (secondary N) is 1. The summed E-state index contributed by atoms with van der Waals surface area (Å²) in [6.45, 7) is 4.21. The van der Waals surface area contributed by atoms with Crippen LogP contribution < -0.4 is 5.69 Å². The van der Waals surface area contributed by atoms with Gasteiger partial charge in [-0.15, -0.1) is 11.3 Å². The highest BCUT2D eigenvalue weighted by atomic mass is 32.1. The Hall–Kier alpha value is -3.19. The highest BCUT2D eigenvalue weighted by molar-refractivity contribution is 7.09. The van der Waals surface area contributed by atoms with E-state index in [0.717, 1.165) is 26.1 Å². The van der Waals surface area contributed by atoms with Crippen LogP contribution in [0.1, 0.15) is 15.2 Å². The van der Waals surface area contributed by atoms with Gasteiger partial charge in [-0.2, -0.15) is 18.3 Å². The Kier molecular flexibility index (Phi) is 7.30. The molecule has 2 N–H and O–H groups in total. The van der Waals surface area contributed by atoms with Crippen molar-refractivity contribution in [3.05, 3.63) is 56.8 Å². The molecule has 0 saturated carbocycles. The summed E-state index contributed by atoms with van der Waals surface area (Å²) in [5.41, 5.74) is 0.700. The van der Waals surface area contributed by atoms with Gasteiger partial charge in [0.2, 0.25) is 0 Å². The second-order valence-electron chi connectivity index (χ2n) is 6.94. The molecule has 3 aromatic heterocycles. The van der Waals surface area contributed by atoms with Gasteiger partial charge >= 0.3 is 17.8 Å². The number of carboxylic acid groups (broad SMARTS) is 1. The number of alkyl halides is 3. The number of nitrogens with zero attached hydrogens (tertiary/aromatic N) is 4. The van der Waals surface area contributed by atoms with E-state index in [1.165, 1.54) is 9.28 Å². The third-order valence-electron chi connectivity index (χ3n) is 4.82. The van der Waals surface area contributed by atoms with Crippen molar-refractivity contribution in [2.75, 3.05) is 32.7 Å². The molecule has 1 amide bonds. The zero-order valence-corrected chi connectivity index (χ0v) is 17.5. The molecule has 4 heterocycles. The van der Waals surface area contributed by atoms with E-state index in [2.05, 4.69) is 32.6 Å². The summed E-state index contributed by atoms with van der Waals surface area (Å²) in [4.78, 5) is 38.9. The first-order valence-electron chi connectivity index (χ1n) is 9.56. The lowest BCUT2D eigenvalue weighted by Gasteiger charge is -2.34. The monoisotopic (exact) mass is 471 g/mol. The fraction of sp³-hybridized carbons (Fsp3) is 0.368. The van der Waals surface area contributed by atoms with Crippen LogP contribution >= 0.6 is 11.3 Å². The number of aromatic amines is 1. The first-order valence-corrected chi connectivity index (χ1v) is 10.4. The molecule has 0 bridgehead atoms. The smallest absolute Gasteiger partial charge is 0.475 e. The quantitative estimate of drug-likeness (QED) is 0.600. The summed E-state index contributed by atoms with van der Waals surface area (Å²) < 4.78 is 33.1. The first-order chi connectivity index (χ1) is 15.1. The van der Waals surface area contributed by atoms with Gasteiger partial charge in [-0.1, -0.05) is 6.07 Å². The molecule has 1 fully saturated rings. The van der Waals surface area contributed by atoms with Gasteiger partial charge in [0.1, 0.15) is 0 Å². The molecule has 1 aliphatic rings. The molecule has 172 valence electrons. The van der Waals surface area contributed by atoms with E-state index in [4.69, 9.17) is 9.90 Å². The molecular weight excluding hydrogens is 451 g/mol. The van der Waals surface area contributed by atoms with Gasteiger partial charge in [0.25, 0.3) is 5.91 Å². The summed E-state index contributed by atoms with van der Waals surface area (Å²) in [7, 11) is 0. The van der Waals surface area contributed by atoms with Gasteiger partial charge in [0, 0.05) is 43.8 Å². The second kappa shape index (κ2) is 9.96. The minimum Gasteiger partial charge on any atom is -0.475 e. The molecule has 1 saturated heterocycles. The van der Waals surface area contributed by atoms with Gasteiger partial charge in [-0.05, 0) is 30.0 Å². The zero-order valence-electron chi connectivity index (χ0n) is 16.7. The van der Waals surface area contributed by atoms with Crippen molar-refractivity contribution in [3.8, 4) is 0 Å². The molecule has 0 atom stereocenters. The highest BCUT2D eigenvalue weighted by Crippen LogP contribution is 2.14. The van der Waals surface area contributed by atoms with Crippen molar-refractivity contribution < 1.29 is 27.9 Å². The Morgan fingerprint density at radius 2 is 1.84 bits per heavy atom. The fourth-order valence-electron chi connectivity index (χ4n) is 3.11. The number of piperazine rings is 1. The number of aliphatic carboxylic acids is 1. The third kappa shape index (κ3) is 5.95. The van der Waals surface area contributed by atoms with E-state index in [1.807, 2.05) is 4.90 Å². The average Bonchev–Trinajstić information content (AvgIpc) is 3.42. The topological polar surface area (TPSA) is 111 Å². The number of pyridine rings is 1. The lowest BCUT2D eigenvalue weighted by atomic mass is 10.2. The van der Waals surface area contributed by atoms with Crippen molar-refractivity contribution in [2.24, 2.45) is 0 Å². The number of carbonyl (C=O) groups excluding carboxylic acids is 1. The number of hydrogen-bond acceptors (Lipinski definition) is 6. The molecule has 32 heavy (non-hydrogen) atoms. The van der Waals surface area contributed by atoms with Crippen LogP contribution in [0.3, 0.4) is 0 Å². The molecule has 0 aliphatic carbocycles. The van der Waals surface area contributed by atoms with Crippen LogP contribution in [0.15, 0.2) is 40.6 Å². The van der Waals surface area contributed by atoms with Crippen LogP contribution in [0.25, 0.3) is 5.65 Å². The predicted molar refractivity (Wildman–Crippen MR) is 110 cm³/mol. The molecule has 0 radical (unpaired) electrons. The number of aromatic nitrogens is 3. The lowest BCUT2D eigenvalue weighted by molar-refractivity contribution is -0.192. The molecular formula is C19H20F3N5O4S. The van der Waals surface area contributed by atoms with Crippen LogP contribution in [0.4, 0.5) is 13.2 Å². The second-order valence-corrected chi connectivity index (χ2v) is 7.97. The minimum atomic E-state index is -5.08. The lowest BCUT2D eigenvalue weighted by Crippen LogP contribution is -2.49. The number of carboxylic acids is 1. The van der Waals surface area contributed by atoms with Crippen LogP contribution in [0.5, 0.6) is 0 Å². The number of H-pyrrole nitrogens is 1. The average molecular weight is 471 g/mol. The number of thiophene rings is 1.